The molecule has 4 rings (SSSR count). The normalized spacial score (nSPS) is 16.3. The Morgan fingerprint density at radius 2 is 1.73 bits per heavy atom. The SMILES string of the molecule is Oc1cc(C2CN=C(c3ccccc3F)C2)ccc1Oc1ccccc1. The van der Waals surface area contributed by atoms with Crippen LogP contribution in [0.5, 0.6) is 17.2 Å². The first-order valence-electron chi connectivity index (χ1n) is 8.55. The Bertz CT molecular complexity index is 953. The zero-order valence-corrected chi connectivity index (χ0v) is 14.1. The van der Waals surface area contributed by atoms with Gasteiger partial charge in [0.15, 0.2) is 11.5 Å². The first kappa shape index (κ1) is 16.3. The minimum atomic E-state index is -0.249. The molecule has 0 amide bonds. The molecular formula is C22H18FNO2. The van der Waals surface area contributed by atoms with Crippen molar-refractivity contribution < 1.29 is 14.2 Å². The fourth-order valence-electron chi connectivity index (χ4n) is 3.19. The number of ether oxygens (including phenoxy) is 1. The number of rotatable bonds is 4. The smallest absolute Gasteiger partial charge is 0.169 e. The topological polar surface area (TPSA) is 41.8 Å². The van der Waals surface area contributed by atoms with Crippen LogP contribution in [0.25, 0.3) is 0 Å². The number of aromatic hydroxyl groups is 1. The van der Waals surface area contributed by atoms with E-state index in [0.717, 1.165) is 11.3 Å². The highest BCUT2D eigenvalue weighted by Gasteiger charge is 2.24. The molecule has 0 saturated carbocycles. The predicted octanol–water partition coefficient (Wildman–Crippen LogP) is 5.30. The second-order valence-corrected chi connectivity index (χ2v) is 6.31. The summed E-state index contributed by atoms with van der Waals surface area (Å²) in [7, 11) is 0. The second kappa shape index (κ2) is 7.00. The lowest BCUT2D eigenvalue weighted by atomic mass is 9.93. The lowest BCUT2D eigenvalue weighted by Gasteiger charge is -2.13. The standard InChI is InChI=1S/C22H18FNO2/c23-19-9-5-4-8-18(19)20-12-16(14-24-20)15-10-11-22(21(25)13-15)26-17-6-2-1-3-7-17/h1-11,13,16,25H,12,14H2. The number of halogens is 1. The van der Waals surface area contributed by atoms with Gasteiger partial charge in [-0.05, 0) is 42.3 Å². The average molecular weight is 347 g/mol. The molecule has 1 aliphatic heterocycles. The Hall–Kier alpha value is -3.14. The largest absolute Gasteiger partial charge is 0.504 e. The predicted molar refractivity (Wildman–Crippen MR) is 99.8 cm³/mol. The molecule has 3 aromatic carbocycles. The molecular weight excluding hydrogens is 329 g/mol. The molecule has 0 aliphatic carbocycles. The van der Waals surface area contributed by atoms with E-state index in [0.29, 0.717) is 30.0 Å². The summed E-state index contributed by atoms with van der Waals surface area (Å²) in [5.74, 6) is 1.04. The first-order chi connectivity index (χ1) is 12.7. The van der Waals surface area contributed by atoms with Crippen molar-refractivity contribution >= 4 is 5.71 Å². The highest BCUT2D eigenvalue weighted by Crippen LogP contribution is 2.36. The Kier molecular flexibility index (Phi) is 4.40. The van der Waals surface area contributed by atoms with Gasteiger partial charge in [0.05, 0.1) is 0 Å². The van der Waals surface area contributed by atoms with Gasteiger partial charge in [0.2, 0.25) is 0 Å². The van der Waals surface area contributed by atoms with Crippen LogP contribution < -0.4 is 4.74 Å². The summed E-state index contributed by atoms with van der Waals surface area (Å²) in [6.07, 6.45) is 0.652. The van der Waals surface area contributed by atoms with Crippen molar-refractivity contribution in [1.29, 1.82) is 0 Å². The zero-order valence-electron chi connectivity index (χ0n) is 14.1. The van der Waals surface area contributed by atoms with E-state index in [1.54, 1.807) is 24.3 Å². The van der Waals surface area contributed by atoms with Crippen molar-refractivity contribution in [2.75, 3.05) is 6.54 Å². The van der Waals surface area contributed by atoms with Gasteiger partial charge in [-0.3, -0.25) is 4.99 Å². The molecule has 3 aromatic rings. The average Bonchev–Trinajstić information content (AvgIpc) is 3.14. The summed E-state index contributed by atoms with van der Waals surface area (Å²) in [5.41, 5.74) is 2.30. The Balaban J connectivity index is 1.50. The van der Waals surface area contributed by atoms with Gasteiger partial charge >= 0.3 is 0 Å². The summed E-state index contributed by atoms with van der Waals surface area (Å²) in [6, 6.07) is 21.4. The quantitative estimate of drug-likeness (QED) is 0.696. The molecule has 1 atom stereocenters. The lowest BCUT2D eigenvalue weighted by Crippen LogP contribution is -2.04. The van der Waals surface area contributed by atoms with Gasteiger partial charge in [-0.25, -0.2) is 4.39 Å². The summed E-state index contributed by atoms with van der Waals surface area (Å²) < 4.78 is 19.7. The van der Waals surface area contributed by atoms with Crippen molar-refractivity contribution in [3.63, 3.8) is 0 Å². The third-order valence-electron chi connectivity index (χ3n) is 4.55. The summed E-state index contributed by atoms with van der Waals surface area (Å²) >= 11 is 0. The molecule has 0 saturated heterocycles. The molecule has 1 heterocycles. The Morgan fingerprint density at radius 1 is 0.962 bits per heavy atom. The van der Waals surface area contributed by atoms with Gasteiger partial charge in [0.25, 0.3) is 0 Å². The molecule has 3 nitrogen and oxygen atoms in total. The van der Waals surface area contributed by atoms with Gasteiger partial charge in [-0.2, -0.15) is 0 Å². The Labute approximate surface area is 151 Å². The molecule has 1 N–H and O–H groups in total. The van der Waals surface area contributed by atoms with E-state index in [1.807, 2.05) is 42.5 Å². The van der Waals surface area contributed by atoms with Crippen LogP contribution in [0.3, 0.4) is 0 Å². The molecule has 1 aliphatic rings. The minimum Gasteiger partial charge on any atom is -0.504 e. The number of benzene rings is 3. The third kappa shape index (κ3) is 3.31. The van der Waals surface area contributed by atoms with Crippen molar-refractivity contribution in [2.45, 2.75) is 12.3 Å². The molecule has 4 heteroatoms. The van der Waals surface area contributed by atoms with Crippen LogP contribution in [-0.4, -0.2) is 17.4 Å². The molecule has 0 radical (unpaired) electrons. The second-order valence-electron chi connectivity index (χ2n) is 6.31. The summed E-state index contributed by atoms with van der Waals surface area (Å²) in [5, 5.41) is 10.3. The van der Waals surface area contributed by atoms with Crippen LogP contribution in [0.1, 0.15) is 23.5 Å². The highest BCUT2D eigenvalue weighted by molar-refractivity contribution is 6.02. The van der Waals surface area contributed by atoms with Gasteiger partial charge in [0.1, 0.15) is 11.6 Å². The number of hydrogen-bond donors (Lipinski definition) is 1. The van der Waals surface area contributed by atoms with E-state index in [1.165, 1.54) is 6.07 Å². The molecule has 130 valence electrons. The number of para-hydroxylation sites is 1. The third-order valence-corrected chi connectivity index (χ3v) is 4.55. The summed E-state index contributed by atoms with van der Waals surface area (Å²) in [4.78, 5) is 4.51. The first-order valence-corrected chi connectivity index (χ1v) is 8.55. The summed E-state index contributed by atoms with van der Waals surface area (Å²) in [6.45, 7) is 0.585. The van der Waals surface area contributed by atoms with Gasteiger partial charge < -0.3 is 9.84 Å². The number of phenols is 1. The van der Waals surface area contributed by atoms with Crippen molar-refractivity contribution in [3.05, 3.63) is 89.7 Å². The van der Waals surface area contributed by atoms with E-state index in [9.17, 15) is 9.50 Å². The van der Waals surface area contributed by atoms with Crippen LogP contribution in [0.15, 0.2) is 77.8 Å². The van der Waals surface area contributed by atoms with Crippen LogP contribution in [-0.2, 0) is 0 Å². The highest BCUT2D eigenvalue weighted by atomic mass is 19.1. The van der Waals surface area contributed by atoms with E-state index in [4.69, 9.17) is 4.74 Å². The number of phenolic OH excluding ortho intramolecular Hbond substituents is 1. The monoisotopic (exact) mass is 347 g/mol. The number of nitrogens with zero attached hydrogens (tertiary/aromatic N) is 1. The van der Waals surface area contributed by atoms with Crippen molar-refractivity contribution in [2.24, 2.45) is 4.99 Å². The van der Waals surface area contributed by atoms with Crippen molar-refractivity contribution in [3.8, 4) is 17.2 Å². The van der Waals surface area contributed by atoms with E-state index >= 15 is 0 Å². The maximum absolute atomic E-state index is 14.0. The maximum Gasteiger partial charge on any atom is 0.169 e. The molecule has 26 heavy (non-hydrogen) atoms. The van der Waals surface area contributed by atoms with E-state index in [2.05, 4.69) is 4.99 Å². The van der Waals surface area contributed by atoms with Crippen LogP contribution >= 0.6 is 0 Å². The maximum atomic E-state index is 14.0. The fourth-order valence-corrected chi connectivity index (χ4v) is 3.19. The van der Waals surface area contributed by atoms with Gasteiger partial charge in [-0.1, -0.05) is 42.5 Å². The molecule has 0 spiro atoms. The fraction of sp³-hybridized carbons (Fsp3) is 0.136. The van der Waals surface area contributed by atoms with Gasteiger partial charge in [0, 0.05) is 23.7 Å². The van der Waals surface area contributed by atoms with E-state index in [-0.39, 0.29) is 17.5 Å². The lowest BCUT2D eigenvalue weighted by molar-refractivity contribution is 0.410. The molecule has 1 unspecified atom stereocenters. The number of hydrogen-bond acceptors (Lipinski definition) is 3. The molecule has 0 bridgehead atoms. The van der Waals surface area contributed by atoms with Crippen molar-refractivity contribution in [1.82, 2.24) is 0 Å². The minimum absolute atomic E-state index is 0.0886. The zero-order chi connectivity index (χ0) is 17.9. The number of aliphatic imine (C=N–C) groups is 1. The van der Waals surface area contributed by atoms with Gasteiger partial charge in [-0.15, -0.1) is 0 Å². The Morgan fingerprint density at radius 3 is 2.50 bits per heavy atom. The van der Waals surface area contributed by atoms with E-state index < -0.39 is 0 Å². The molecule has 0 fully saturated rings. The molecule has 0 aromatic heterocycles. The van der Waals surface area contributed by atoms with Crippen LogP contribution in [0.2, 0.25) is 0 Å². The van der Waals surface area contributed by atoms with Crippen LogP contribution in [0.4, 0.5) is 4.39 Å². The van der Waals surface area contributed by atoms with Crippen LogP contribution in [0, 0.1) is 5.82 Å².